The highest BCUT2D eigenvalue weighted by Crippen LogP contribution is 2.15. The third kappa shape index (κ3) is 5.79. The van der Waals surface area contributed by atoms with E-state index in [9.17, 15) is 0 Å². The Hall–Kier alpha value is 0.190. The number of aliphatic hydroxyl groups excluding tert-OH is 1. The van der Waals surface area contributed by atoms with Crippen molar-refractivity contribution in [1.82, 2.24) is 0 Å². The van der Waals surface area contributed by atoms with E-state index in [1.54, 1.807) is 0 Å². The SMILES string of the molecule is COS.NC1CC(N)CC(O)C1. The number of hydrogen-bond donors (Lipinski definition) is 4. The van der Waals surface area contributed by atoms with E-state index in [0.717, 1.165) is 6.42 Å². The lowest BCUT2D eigenvalue weighted by Crippen LogP contribution is -2.41. The molecule has 1 rings (SSSR count). The van der Waals surface area contributed by atoms with Crippen molar-refractivity contribution in [3.63, 3.8) is 0 Å². The van der Waals surface area contributed by atoms with Crippen molar-refractivity contribution >= 4 is 12.9 Å². The summed E-state index contributed by atoms with van der Waals surface area (Å²) < 4.78 is 3.94. The van der Waals surface area contributed by atoms with Crippen LogP contribution in [0.1, 0.15) is 19.3 Å². The summed E-state index contributed by atoms with van der Waals surface area (Å²) in [4.78, 5) is 0. The van der Waals surface area contributed by atoms with Crippen molar-refractivity contribution in [2.45, 2.75) is 37.5 Å². The van der Waals surface area contributed by atoms with Crippen molar-refractivity contribution in [3.05, 3.63) is 0 Å². The fraction of sp³-hybridized carbons (Fsp3) is 1.00. The molecule has 5 heteroatoms. The van der Waals surface area contributed by atoms with Crippen molar-refractivity contribution in [1.29, 1.82) is 0 Å². The van der Waals surface area contributed by atoms with Crippen LogP contribution in [-0.4, -0.2) is 30.4 Å². The highest BCUT2D eigenvalue weighted by molar-refractivity contribution is 7.75. The summed E-state index contributed by atoms with van der Waals surface area (Å²) in [7, 11) is 1.49. The molecule has 5 N–H and O–H groups in total. The predicted octanol–water partition coefficient (Wildman–Crippen LogP) is -0.337. The summed E-state index contributed by atoms with van der Waals surface area (Å²) in [6.45, 7) is 0. The van der Waals surface area contributed by atoms with Gasteiger partial charge in [-0.25, -0.2) is 0 Å². The zero-order valence-corrected chi connectivity index (χ0v) is 8.21. The zero-order chi connectivity index (χ0) is 9.56. The van der Waals surface area contributed by atoms with Crippen molar-refractivity contribution in [2.24, 2.45) is 11.5 Å². The lowest BCUT2D eigenvalue weighted by molar-refractivity contribution is 0.111. The summed E-state index contributed by atoms with van der Waals surface area (Å²) >= 11 is 3.29. The number of hydrogen-bond acceptors (Lipinski definition) is 5. The molecule has 0 amide bonds. The van der Waals surface area contributed by atoms with Crippen LogP contribution in [0.3, 0.4) is 0 Å². The first kappa shape index (κ1) is 12.2. The molecule has 0 heterocycles. The summed E-state index contributed by atoms with van der Waals surface area (Å²) in [6.07, 6.45) is 2.03. The molecule has 4 nitrogen and oxygen atoms in total. The van der Waals surface area contributed by atoms with E-state index < -0.39 is 0 Å². The quantitative estimate of drug-likeness (QED) is 0.314. The fourth-order valence-corrected chi connectivity index (χ4v) is 1.38. The van der Waals surface area contributed by atoms with Gasteiger partial charge in [-0.2, -0.15) is 0 Å². The third-order valence-corrected chi connectivity index (χ3v) is 1.76. The highest BCUT2D eigenvalue weighted by atomic mass is 32.1. The van der Waals surface area contributed by atoms with E-state index in [1.165, 1.54) is 7.11 Å². The first-order valence-corrected chi connectivity index (χ1v) is 4.33. The number of aliphatic hydroxyl groups is 1. The lowest BCUT2D eigenvalue weighted by atomic mass is 9.90. The van der Waals surface area contributed by atoms with E-state index in [2.05, 4.69) is 17.1 Å². The molecule has 12 heavy (non-hydrogen) atoms. The molecule has 2 atom stereocenters. The Morgan fingerprint density at radius 1 is 1.25 bits per heavy atom. The second kappa shape index (κ2) is 6.68. The lowest BCUT2D eigenvalue weighted by Gasteiger charge is -2.27. The van der Waals surface area contributed by atoms with E-state index in [0.29, 0.717) is 12.8 Å². The Balaban J connectivity index is 0.000000354. The zero-order valence-electron chi connectivity index (χ0n) is 7.31. The summed E-state index contributed by atoms with van der Waals surface area (Å²) in [5, 5.41) is 9.09. The second-order valence-electron chi connectivity index (χ2n) is 3.06. The largest absolute Gasteiger partial charge is 0.393 e. The van der Waals surface area contributed by atoms with Gasteiger partial charge in [0.25, 0.3) is 0 Å². The van der Waals surface area contributed by atoms with Gasteiger partial charge in [-0.3, -0.25) is 0 Å². The molecule has 0 aromatic carbocycles. The first-order chi connectivity index (χ1) is 5.60. The van der Waals surface area contributed by atoms with Gasteiger partial charge in [-0.05, 0) is 32.2 Å². The summed E-state index contributed by atoms with van der Waals surface area (Å²) in [5.41, 5.74) is 11.2. The fourth-order valence-electron chi connectivity index (χ4n) is 1.38. The van der Waals surface area contributed by atoms with Gasteiger partial charge < -0.3 is 20.8 Å². The van der Waals surface area contributed by atoms with Gasteiger partial charge >= 0.3 is 0 Å². The molecule has 0 bridgehead atoms. The maximum atomic E-state index is 9.09. The van der Waals surface area contributed by atoms with Crippen LogP contribution in [0.4, 0.5) is 0 Å². The van der Waals surface area contributed by atoms with Gasteiger partial charge in [0.2, 0.25) is 0 Å². The molecule has 1 fully saturated rings. The average Bonchev–Trinajstić information content (AvgIpc) is 1.84. The van der Waals surface area contributed by atoms with Crippen LogP contribution >= 0.6 is 12.9 Å². The Morgan fingerprint density at radius 3 is 1.83 bits per heavy atom. The Labute approximate surface area is 78.9 Å². The van der Waals surface area contributed by atoms with Crippen LogP contribution in [0.15, 0.2) is 0 Å². The minimum Gasteiger partial charge on any atom is -0.393 e. The van der Waals surface area contributed by atoms with Crippen molar-refractivity contribution in [2.75, 3.05) is 7.11 Å². The van der Waals surface area contributed by atoms with Gasteiger partial charge in [0.05, 0.1) is 6.10 Å². The first-order valence-electron chi connectivity index (χ1n) is 3.97. The van der Waals surface area contributed by atoms with Crippen LogP contribution in [0.25, 0.3) is 0 Å². The molecule has 0 aliphatic heterocycles. The molecule has 0 aromatic rings. The molecule has 0 aromatic heterocycles. The monoisotopic (exact) mass is 194 g/mol. The minimum absolute atomic E-state index is 0.115. The van der Waals surface area contributed by atoms with E-state index >= 15 is 0 Å². The van der Waals surface area contributed by atoms with Crippen LogP contribution in [0.2, 0.25) is 0 Å². The number of rotatable bonds is 0. The van der Waals surface area contributed by atoms with Crippen LogP contribution in [0, 0.1) is 0 Å². The van der Waals surface area contributed by atoms with Crippen molar-refractivity contribution in [3.8, 4) is 0 Å². The number of nitrogens with two attached hydrogens (primary N) is 2. The predicted molar refractivity (Wildman–Crippen MR) is 51.8 cm³/mol. The molecule has 1 aliphatic rings. The molecular formula is C7H18N2O2S. The van der Waals surface area contributed by atoms with Crippen LogP contribution < -0.4 is 11.5 Å². The molecule has 0 saturated heterocycles. The Bertz CT molecular complexity index is 90.6. The molecule has 74 valence electrons. The topological polar surface area (TPSA) is 81.5 Å². The second-order valence-corrected chi connectivity index (χ2v) is 3.43. The summed E-state index contributed by atoms with van der Waals surface area (Å²) in [5.74, 6) is 0. The van der Waals surface area contributed by atoms with Gasteiger partial charge in [-0.15, -0.1) is 0 Å². The summed E-state index contributed by atoms with van der Waals surface area (Å²) in [6, 6.07) is 0.229. The molecular weight excluding hydrogens is 176 g/mol. The van der Waals surface area contributed by atoms with Crippen LogP contribution in [-0.2, 0) is 4.18 Å². The normalized spacial score (nSPS) is 35.2. The third-order valence-electron chi connectivity index (χ3n) is 1.76. The van der Waals surface area contributed by atoms with Crippen molar-refractivity contribution < 1.29 is 9.29 Å². The molecule has 2 unspecified atom stereocenters. The Morgan fingerprint density at radius 2 is 1.58 bits per heavy atom. The highest BCUT2D eigenvalue weighted by Gasteiger charge is 2.22. The maximum Gasteiger partial charge on any atom is 0.0569 e. The molecule has 0 spiro atoms. The van der Waals surface area contributed by atoms with Gasteiger partial charge in [0.15, 0.2) is 0 Å². The minimum atomic E-state index is -0.260. The molecule has 1 saturated carbocycles. The van der Waals surface area contributed by atoms with Gasteiger partial charge in [0.1, 0.15) is 0 Å². The smallest absolute Gasteiger partial charge is 0.0569 e. The van der Waals surface area contributed by atoms with Crippen LogP contribution in [0.5, 0.6) is 0 Å². The van der Waals surface area contributed by atoms with E-state index in [1.807, 2.05) is 0 Å². The Kier molecular flexibility index (Phi) is 6.78. The van der Waals surface area contributed by atoms with Gasteiger partial charge in [-0.1, -0.05) is 0 Å². The molecule has 0 radical (unpaired) electrons. The number of thiol groups is 1. The van der Waals surface area contributed by atoms with Gasteiger partial charge in [0, 0.05) is 19.2 Å². The standard InChI is InChI=1S/C6H14N2O.CH4OS/c7-4-1-5(8)3-6(9)2-4;1-2-3/h4-6,9H,1-3,7-8H2;3H,1H3. The maximum absolute atomic E-state index is 9.09. The molecule has 1 aliphatic carbocycles. The van der Waals surface area contributed by atoms with E-state index in [-0.39, 0.29) is 18.2 Å². The van der Waals surface area contributed by atoms with E-state index in [4.69, 9.17) is 16.6 Å². The average molecular weight is 194 g/mol.